The second-order valence-electron chi connectivity index (χ2n) is 5.00. The summed E-state index contributed by atoms with van der Waals surface area (Å²) in [4.78, 5) is 0. The molecule has 0 heterocycles. The van der Waals surface area contributed by atoms with Crippen LogP contribution in [0.5, 0.6) is 0 Å². The van der Waals surface area contributed by atoms with E-state index in [1.165, 1.54) is 77.0 Å². The van der Waals surface area contributed by atoms with Gasteiger partial charge in [0.15, 0.2) is 0 Å². The number of rotatable bonds is 12. The van der Waals surface area contributed by atoms with E-state index >= 15 is 0 Å². The van der Waals surface area contributed by atoms with E-state index in [0.29, 0.717) is 5.38 Å². The Labute approximate surface area is 108 Å². The first-order chi connectivity index (χ1) is 7.81. The summed E-state index contributed by atoms with van der Waals surface area (Å²) in [5.74, 6) is 0. The van der Waals surface area contributed by atoms with E-state index in [1.807, 2.05) is 0 Å². The molecule has 0 saturated heterocycles. The van der Waals surface area contributed by atoms with Gasteiger partial charge >= 0.3 is 0 Å². The van der Waals surface area contributed by atoms with Crippen molar-refractivity contribution >= 4 is 11.6 Å². The van der Waals surface area contributed by atoms with E-state index < -0.39 is 0 Å². The topological polar surface area (TPSA) is 0 Å². The van der Waals surface area contributed by atoms with Crippen molar-refractivity contribution in [1.82, 2.24) is 0 Å². The van der Waals surface area contributed by atoms with Gasteiger partial charge in [-0.3, -0.25) is 0 Å². The first kappa shape index (κ1) is 16.3. The van der Waals surface area contributed by atoms with E-state index in [2.05, 4.69) is 13.8 Å². The molecule has 0 aliphatic heterocycles. The van der Waals surface area contributed by atoms with Crippen LogP contribution in [0.25, 0.3) is 0 Å². The number of hydrogen-bond acceptors (Lipinski definition) is 0. The van der Waals surface area contributed by atoms with Crippen molar-refractivity contribution in [2.24, 2.45) is 0 Å². The molecule has 0 bridgehead atoms. The van der Waals surface area contributed by atoms with Crippen molar-refractivity contribution in [3.8, 4) is 0 Å². The summed E-state index contributed by atoms with van der Waals surface area (Å²) in [7, 11) is 0. The van der Waals surface area contributed by atoms with Crippen LogP contribution in [0.15, 0.2) is 0 Å². The molecule has 0 spiro atoms. The average Bonchev–Trinajstić information content (AvgIpc) is 2.29. The highest BCUT2D eigenvalue weighted by atomic mass is 35.5. The van der Waals surface area contributed by atoms with Crippen LogP contribution in [-0.4, -0.2) is 5.38 Å². The monoisotopic (exact) mass is 246 g/mol. The van der Waals surface area contributed by atoms with Crippen molar-refractivity contribution in [3.05, 3.63) is 0 Å². The Kier molecular flexibility index (Phi) is 13.6. The van der Waals surface area contributed by atoms with Gasteiger partial charge in [0.2, 0.25) is 0 Å². The van der Waals surface area contributed by atoms with Crippen LogP contribution >= 0.6 is 11.6 Å². The second-order valence-corrected chi connectivity index (χ2v) is 5.62. The maximum absolute atomic E-state index is 6.30. The van der Waals surface area contributed by atoms with Gasteiger partial charge in [0.1, 0.15) is 0 Å². The number of hydrogen-bond donors (Lipinski definition) is 0. The lowest BCUT2D eigenvalue weighted by atomic mass is 10.0. The van der Waals surface area contributed by atoms with Gasteiger partial charge in [-0.15, -0.1) is 11.6 Å². The molecule has 0 rings (SSSR count). The Morgan fingerprint density at radius 2 is 1.00 bits per heavy atom. The summed E-state index contributed by atoms with van der Waals surface area (Å²) in [5.41, 5.74) is 0. The highest BCUT2D eigenvalue weighted by Gasteiger charge is 2.03. The Hall–Kier alpha value is 0.290. The Balaban J connectivity index is 3.08. The molecule has 1 unspecified atom stereocenters. The van der Waals surface area contributed by atoms with Gasteiger partial charge in [-0.25, -0.2) is 0 Å². The van der Waals surface area contributed by atoms with Crippen LogP contribution in [0.2, 0.25) is 0 Å². The van der Waals surface area contributed by atoms with E-state index in [4.69, 9.17) is 11.6 Å². The fraction of sp³-hybridized carbons (Fsp3) is 1.00. The highest BCUT2D eigenvalue weighted by molar-refractivity contribution is 6.20. The Morgan fingerprint density at radius 1 is 0.625 bits per heavy atom. The minimum absolute atomic E-state index is 0.447. The smallest absolute Gasteiger partial charge is 0.0336 e. The van der Waals surface area contributed by atoms with Gasteiger partial charge < -0.3 is 0 Å². The largest absolute Gasteiger partial charge is 0.123 e. The second kappa shape index (κ2) is 13.4. The molecule has 0 aromatic rings. The first-order valence-corrected chi connectivity index (χ1v) is 7.89. The number of unbranched alkanes of at least 4 members (excludes halogenated alkanes) is 8. The Bertz CT molecular complexity index is 123. The van der Waals surface area contributed by atoms with Gasteiger partial charge in [0, 0.05) is 5.38 Å². The van der Waals surface area contributed by atoms with Crippen LogP contribution in [0.3, 0.4) is 0 Å². The molecular weight excluding hydrogens is 216 g/mol. The Morgan fingerprint density at radius 3 is 1.50 bits per heavy atom. The summed E-state index contributed by atoms with van der Waals surface area (Å²) < 4.78 is 0. The van der Waals surface area contributed by atoms with Crippen LogP contribution in [0, 0.1) is 0 Å². The molecule has 1 heteroatoms. The third kappa shape index (κ3) is 12.4. The van der Waals surface area contributed by atoms with Gasteiger partial charge in [0.25, 0.3) is 0 Å². The normalized spacial score (nSPS) is 12.9. The summed E-state index contributed by atoms with van der Waals surface area (Å²) in [6, 6.07) is 0. The third-order valence-electron chi connectivity index (χ3n) is 3.24. The lowest BCUT2D eigenvalue weighted by Crippen LogP contribution is -1.98. The molecule has 16 heavy (non-hydrogen) atoms. The van der Waals surface area contributed by atoms with Crippen molar-refractivity contribution < 1.29 is 0 Å². The van der Waals surface area contributed by atoms with Crippen molar-refractivity contribution in [3.63, 3.8) is 0 Å². The molecular formula is C15H31Cl. The zero-order valence-corrected chi connectivity index (χ0v) is 12.2. The lowest BCUT2D eigenvalue weighted by Gasteiger charge is -2.08. The average molecular weight is 247 g/mol. The van der Waals surface area contributed by atoms with Crippen molar-refractivity contribution in [2.45, 2.75) is 96.3 Å². The van der Waals surface area contributed by atoms with Gasteiger partial charge in [-0.1, -0.05) is 78.1 Å². The molecule has 0 aliphatic carbocycles. The SMILES string of the molecule is CCCCCCCCC(Cl)CCCCCC. The predicted molar refractivity (Wildman–Crippen MR) is 76.4 cm³/mol. The summed E-state index contributed by atoms with van der Waals surface area (Å²) in [6.45, 7) is 4.53. The summed E-state index contributed by atoms with van der Waals surface area (Å²) >= 11 is 6.30. The maximum atomic E-state index is 6.30. The fourth-order valence-electron chi connectivity index (χ4n) is 2.08. The molecule has 0 aromatic carbocycles. The molecule has 0 amide bonds. The molecule has 0 nitrogen and oxygen atoms in total. The highest BCUT2D eigenvalue weighted by Crippen LogP contribution is 2.17. The number of alkyl halides is 1. The maximum Gasteiger partial charge on any atom is 0.0336 e. The summed E-state index contributed by atoms with van der Waals surface area (Å²) in [5, 5.41) is 0.447. The first-order valence-electron chi connectivity index (χ1n) is 7.45. The molecule has 0 N–H and O–H groups in total. The molecule has 0 aromatic heterocycles. The molecule has 0 radical (unpaired) electrons. The van der Waals surface area contributed by atoms with Crippen molar-refractivity contribution in [1.29, 1.82) is 0 Å². The lowest BCUT2D eigenvalue weighted by molar-refractivity contribution is 0.547. The third-order valence-corrected chi connectivity index (χ3v) is 3.68. The fourth-order valence-corrected chi connectivity index (χ4v) is 2.39. The van der Waals surface area contributed by atoms with E-state index in [-0.39, 0.29) is 0 Å². The minimum Gasteiger partial charge on any atom is -0.123 e. The number of halogens is 1. The summed E-state index contributed by atoms with van der Waals surface area (Å²) in [6.07, 6.45) is 16.2. The van der Waals surface area contributed by atoms with E-state index in [0.717, 1.165) is 0 Å². The van der Waals surface area contributed by atoms with Crippen LogP contribution in [-0.2, 0) is 0 Å². The van der Waals surface area contributed by atoms with Crippen LogP contribution < -0.4 is 0 Å². The molecule has 0 aliphatic rings. The van der Waals surface area contributed by atoms with E-state index in [9.17, 15) is 0 Å². The zero-order chi connectivity index (χ0) is 12.1. The van der Waals surface area contributed by atoms with Gasteiger partial charge in [0.05, 0.1) is 0 Å². The van der Waals surface area contributed by atoms with Gasteiger partial charge in [-0.05, 0) is 12.8 Å². The molecule has 0 fully saturated rings. The van der Waals surface area contributed by atoms with Gasteiger partial charge in [-0.2, -0.15) is 0 Å². The molecule has 0 saturated carbocycles. The molecule has 98 valence electrons. The zero-order valence-electron chi connectivity index (χ0n) is 11.4. The molecule has 1 atom stereocenters. The van der Waals surface area contributed by atoms with Crippen LogP contribution in [0.4, 0.5) is 0 Å². The minimum atomic E-state index is 0.447. The quantitative estimate of drug-likeness (QED) is 0.279. The van der Waals surface area contributed by atoms with E-state index in [1.54, 1.807) is 0 Å². The van der Waals surface area contributed by atoms with Crippen molar-refractivity contribution in [2.75, 3.05) is 0 Å². The standard InChI is InChI=1S/C15H31Cl/c1-3-5-7-9-10-12-14-15(16)13-11-8-6-4-2/h15H,3-14H2,1-2H3. The predicted octanol–water partition coefficient (Wildman–Crippen LogP) is 6.31. The van der Waals surface area contributed by atoms with Crippen LogP contribution in [0.1, 0.15) is 90.9 Å².